The van der Waals surface area contributed by atoms with Gasteiger partial charge in [-0.15, -0.1) is 0 Å². The fourth-order valence-corrected chi connectivity index (χ4v) is 3.26. The van der Waals surface area contributed by atoms with Crippen molar-refractivity contribution in [2.45, 2.75) is 110 Å². The summed E-state index contributed by atoms with van der Waals surface area (Å²) in [4.78, 5) is 0. The van der Waals surface area contributed by atoms with Crippen LogP contribution in [0.5, 0.6) is 0 Å². The predicted octanol–water partition coefficient (Wildman–Crippen LogP) is 9.11. The lowest BCUT2D eigenvalue weighted by atomic mass is 10.0. The Balaban J connectivity index is 1.71. The molecule has 0 atom stereocenters. The molecule has 1 aromatic rings. The molecule has 1 nitrogen and oxygen atoms in total. The van der Waals surface area contributed by atoms with Crippen molar-refractivity contribution in [2.75, 3.05) is 0 Å². The van der Waals surface area contributed by atoms with Crippen molar-refractivity contribution < 1.29 is 4.42 Å². The number of hydrogen-bond donors (Lipinski definition) is 0. The van der Waals surface area contributed by atoms with Gasteiger partial charge in [-0.1, -0.05) is 95.8 Å². The SMILES string of the molecule is CCCC/C=C/CCCCCCCCCCCCC/C=C/c1ccco1. The van der Waals surface area contributed by atoms with E-state index < -0.39 is 0 Å². The minimum Gasteiger partial charge on any atom is -0.465 e. The van der Waals surface area contributed by atoms with Crippen molar-refractivity contribution in [2.24, 2.45) is 0 Å². The number of hydrogen-bond acceptors (Lipinski definition) is 1. The predicted molar refractivity (Wildman–Crippen MR) is 116 cm³/mol. The lowest BCUT2D eigenvalue weighted by Gasteiger charge is -2.02. The van der Waals surface area contributed by atoms with Crippen molar-refractivity contribution in [1.29, 1.82) is 0 Å². The highest BCUT2D eigenvalue weighted by Crippen LogP contribution is 2.13. The Morgan fingerprint density at radius 3 is 1.65 bits per heavy atom. The quantitative estimate of drug-likeness (QED) is 0.188. The van der Waals surface area contributed by atoms with Gasteiger partial charge in [-0.25, -0.2) is 0 Å². The van der Waals surface area contributed by atoms with E-state index in [9.17, 15) is 0 Å². The van der Waals surface area contributed by atoms with Crippen LogP contribution in [0, 0.1) is 0 Å². The fraction of sp³-hybridized carbons (Fsp3) is 0.680. The van der Waals surface area contributed by atoms with Crippen LogP contribution in [0.15, 0.2) is 41.0 Å². The fourth-order valence-electron chi connectivity index (χ4n) is 3.26. The third-order valence-corrected chi connectivity index (χ3v) is 4.96. The molecule has 0 aromatic carbocycles. The van der Waals surface area contributed by atoms with Gasteiger partial charge in [0.2, 0.25) is 0 Å². The molecule has 0 fully saturated rings. The van der Waals surface area contributed by atoms with Crippen LogP contribution in [-0.2, 0) is 0 Å². The van der Waals surface area contributed by atoms with Crippen LogP contribution in [0.3, 0.4) is 0 Å². The lowest BCUT2D eigenvalue weighted by Crippen LogP contribution is -1.82. The smallest absolute Gasteiger partial charge is 0.126 e. The van der Waals surface area contributed by atoms with Crippen LogP contribution in [0.1, 0.15) is 115 Å². The van der Waals surface area contributed by atoms with Gasteiger partial charge in [0.05, 0.1) is 6.26 Å². The molecule has 0 bridgehead atoms. The normalized spacial score (nSPS) is 11.9. The minimum atomic E-state index is 0.966. The van der Waals surface area contributed by atoms with E-state index in [1.807, 2.05) is 12.1 Å². The zero-order valence-corrected chi connectivity index (χ0v) is 17.3. The second-order valence-corrected chi connectivity index (χ2v) is 7.50. The molecule has 0 spiro atoms. The van der Waals surface area contributed by atoms with E-state index in [4.69, 9.17) is 4.42 Å². The van der Waals surface area contributed by atoms with Gasteiger partial charge in [0, 0.05) is 0 Å². The largest absolute Gasteiger partial charge is 0.465 e. The first-order valence-corrected chi connectivity index (χ1v) is 11.3. The highest BCUT2D eigenvalue weighted by atomic mass is 16.3. The van der Waals surface area contributed by atoms with Crippen LogP contribution in [0.4, 0.5) is 0 Å². The molecule has 0 amide bonds. The molecule has 0 aliphatic heterocycles. The minimum absolute atomic E-state index is 0.966. The van der Waals surface area contributed by atoms with Crippen molar-refractivity contribution in [1.82, 2.24) is 0 Å². The van der Waals surface area contributed by atoms with E-state index in [2.05, 4.69) is 31.2 Å². The second kappa shape index (κ2) is 18.5. The number of allylic oxidation sites excluding steroid dienone is 3. The van der Waals surface area contributed by atoms with Crippen LogP contribution >= 0.6 is 0 Å². The first kappa shape index (κ1) is 22.8. The molecule has 1 heteroatoms. The van der Waals surface area contributed by atoms with E-state index in [1.54, 1.807) is 6.26 Å². The van der Waals surface area contributed by atoms with E-state index in [1.165, 1.54) is 103 Å². The topological polar surface area (TPSA) is 13.1 Å². The van der Waals surface area contributed by atoms with Crippen molar-refractivity contribution >= 4 is 6.08 Å². The highest BCUT2D eigenvalue weighted by Gasteiger charge is 1.93. The summed E-state index contributed by atoms with van der Waals surface area (Å²) in [6.07, 6.45) is 32.7. The summed E-state index contributed by atoms with van der Waals surface area (Å²) >= 11 is 0. The maximum Gasteiger partial charge on any atom is 0.126 e. The Hall–Kier alpha value is -1.24. The summed E-state index contributed by atoms with van der Waals surface area (Å²) in [5.41, 5.74) is 0. The molecule has 0 unspecified atom stereocenters. The van der Waals surface area contributed by atoms with Crippen LogP contribution in [0.2, 0.25) is 0 Å². The van der Waals surface area contributed by atoms with Crippen molar-refractivity contribution in [3.05, 3.63) is 42.4 Å². The van der Waals surface area contributed by atoms with Gasteiger partial charge >= 0.3 is 0 Å². The Morgan fingerprint density at radius 1 is 0.654 bits per heavy atom. The summed E-state index contributed by atoms with van der Waals surface area (Å²) in [5.74, 6) is 0.966. The van der Waals surface area contributed by atoms with Gasteiger partial charge in [0.15, 0.2) is 0 Å². The molecular formula is C25H42O. The Morgan fingerprint density at radius 2 is 1.15 bits per heavy atom. The average Bonchev–Trinajstić information content (AvgIpc) is 3.17. The van der Waals surface area contributed by atoms with Crippen LogP contribution < -0.4 is 0 Å². The van der Waals surface area contributed by atoms with Crippen LogP contribution in [-0.4, -0.2) is 0 Å². The maximum atomic E-state index is 5.28. The average molecular weight is 359 g/mol. The number of furan rings is 1. The first-order chi connectivity index (χ1) is 12.9. The molecule has 0 saturated heterocycles. The Labute approximate surface area is 163 Å². The Kier molecular flexibility index (Phi) is 16.3. The van der Waals surface area contributed by atoms with Gasteiger partial charge in [0.25, 0.3) is 0 Å². The van der Waals surface area contributed by atoms with Gasteiger partial charge in [0.1, 0.15) is 5.76 Å². The molecule has 1 aromatic heterocycles. The van der Waals surface area contributed by atoms with Gasteiger partial charge in [-0.3, -0.25) is 0 Å². The highest BCUT2D eigenvalue weighted by molar-refractivity contribution is 5.41. The summed E-state index contributed by atoms with van der Waals surface area (Å²) in [6, 6.07) is 3.94. The van der Waals surface area contributed by atoms with E-state index >= 15 is 0 Å². The molecule has 1 rings (SSSR count). The molecular weight excluding hydrogens is 316 g/mol. The molecule has 148 valence electrons. The van der Waals surface area contributed by atoms with Gasteiger partial charge in [-0.05, 0) is 50.3 Å². The third-order valence-electron chi connectivity index (χ3n) is 4.96. The molecule has 26 heavy (non-hydrogen) atoms. The zero-order valence-electron chi connectivity index (χ0n) is 17.3. The van der Waals surface area contributed by atoms with Gasteiger partial charge < -0.3 is 4.42 Å². The first-order valence-electron chi connectivity index (χ1n) is 11.3. The Bertz CT molecular complexity index is 427. The summed E-state index contributed by atoms with van der Waals surface area (Å²) in [6.45, 7) is 2.26. The summed E-state index contributed by atoms with van der Waals surface area (Å²) < 4.78 is 5.28. The molecule has 0 aliphatic carbocycles. The van der Waals surface area contributed by atoms with E-state index in [-0.39, 0.29) is 0 Å². The number of unbranched alkanes of at least 4 members (excludes halogenated alkanes) is 14. The molecule has 0 saturated carbocycles. The second-order valence-electron chi connectivity index (χ2n) is 7.50. The third kappa shape index (κ3) is 15.0. The maximum absolute atomic E-state index is 5.28. The van der Waals surface area contributed by atoms with Crippen LogP contribution in [0.25, 0.3) is 6.08 Å². The van der Waals surface area contributed by atoms with E-state index in [0.29, 0.717) is 0 Å². The standard InChI is InChI=1S/C25H42O/c1-2-3-4-5-6-7-8-9-10-11-12-13-14-15-16-17-18-19-20-22-25-23-21-24-26-25/h5-6,20-24H,2-4,7-19H2,1H3/b6-5+,22-20+. The van der Waals surface area contributed by atoms with E-state index in [0.717, 1.165) is 5.76 Å². The number of rotatable bonds is 18. The molecule has 1 heterocycles. The summed E-state index contributed by atoms with van der Waals surface area (Å²) in [5, 5.41) is 0. The van der Waals surface area contributed by atoms with Crippen molar-refractivity contribution in [3.63, 3.8) is 0 Å². The molecule has 0 N–H and O–H groups in total. The van der Waals surface area contributed by atoms with Gasteiger partial charge in [-0.2, -0.15) is 0 Å². The summed E-state index contributed by atoms with van der Waals surface area (Å²) in [7, 11) is 0. The monoisotopic (exact) mass is 358 g/mol. The molecule has 0 aliphatic rings. The molecule has 0 radical (unpaired) electrons. The lowest BCUT2D eigenvalue weighted by molar-refractivity contribution is 0.547. The van der Waals surface area contributed by atoms with Crippen molar-refractivity contribution in [3.8, 4) is 0 Å². The zero-order chi connectivity index (χ0) is 18.5.